The van der Waals surface area contributed by atoms with Gasteiger partial charge in [0, 0.05) is 35.4 Å². The summed E-state index contributed by atoms with van der Waals surface area (Å²) >= 11 is 5.88. The summed E-state index contributed by atoms with van der Waals surface area (Å²) in [5, 5.41) is 9.10. The van der Waals surface area contributed by atoms with Crippen molar-refractivity contribution < 1.29 is 9.18 Å². The predicted molar refractivity (Wildman–Crippen MR) is 110 cm³/mol. The molecule has 0 radical (unpaired) electrons. The molecule has 0 atom stereocenters. The van der Waals surface area contributed by atoms with E-state index in [-0.39, 0.29) is 17.1 Å². The smallest absolute Gasteiger partial charge is 0.318 e. The lowest BCUT2D eigenvalue weighted by atomic mass is 10.1. The highest BCUT2D eigenvalue weighted by Gasteiger charge is 2.20. The van der Waals surface area contributed by atoms with Crippen molar-refractivity contribution in [3.63, 3.8) is 0 Å². The minimum atomic E-state index is -0.806. The van der Waals surface area contributed by atoms with Gasteiger partial charge in [0.2, 0.25) is 0 Å². The van der Waals surface area contributed by atoms with E-state index in [2.05, 4.69) is 0 Å². The van der Waals surface area contributed by atoms with E-state index >= 15 is 0 Å². The number of benzene rings is 1. The minimum Gasteiger partial charge on any atom is -0.318 e. The second-order valence-electron chi connectivity index (χ2n) is 6.76. The van der Waals surface area contributed by atoms with Gasteiger partial charge in [-0.25, -0.2) is 9.18 Å². The molecule has 0 aliphatic rings. The average Bonchev–Trinajstić information content (AvgIpc) is 3.01. The van der Waals surface area contributed by atoms with Gasteiger partial charge in [-0.3, -0.25) is 18.7 Å². The lowest BCUT2D eigenvalue weighted by Crippen LogP contribution is -2.42. The van der Waals surface area contributed by atoms with Gasteiger partial charge in [-0.05, 0) is 45.0 Å². The zero-order valence-electron chi connectivity index (χ0n) is 16.6. The van der Waals surface area contributed by atoms with E-state index in [9.17, 15) is 18.8 Å². The van der Waals surface area contributed by atoms with Gasteiger partial charge in [-0.15, -0.1) is 0 Å². The van der Waals surface area contributed by atoms with Gasteiger partial charge in [-0.1, -0.05) is 11.6 Å². The van der Waals surface area contributed by atoms with E-state index in [0.717, 1.165) is 4.57 Å². The quantitative estimate of drug-likeness (QED) is 0.584. The number of rotatable bonds is 5. The zero-order valence-corrected chi connectivity index (χ0v) is 17.3. The largest absolute Gasteiger partial charge is 0.331 e. The summed E-state index contributed by atoms with van der Waals surface area (Å²) in [6.45, 7) is 4.92. The van der Waals surface area contributed by atoms with Crippen molar-refractivity contribution >= 4 is 17.4 Å². The number of halogens is 2. The third-order valence-corrected chi connectivity index (χ3v) is 5.18. The van der Waals surface area contributed by atoms with Gasteiger partial charge in [0.1, 0.15) is 17.4 Å². The van der Waals surface area contributed by atoms with E-state index in [1.54, 1.807) is 37.5 Å². The monoisotopic (exact) mass is 428 g/mol. The fourth-order valence-corrected chi connectivity index (χ4v) is 3.57. The van der Waals surface area contributed by atoms with Crippen LogP contribution in [0.1, 0.15) is 34.2 Å². The number of nitrogens with zero attached hydrogens (tertiary/aromatic N) is 4. The molecule has 0 spiro atoms. The fourth-order valence-electron chi connectivity index (χ4n) is 3.39. The normalized spacial score (nSPS) is 10.8. The summed E-state index contributed by atoms with van der Waals surface area (Å²) in [5.41, 5.74) is 0.463. The lowest BCUT2D eigenvalue weighted by molar-refractivity contribution is 0.0968. The number of aromatic nitrogens is 3. The van der Waals surface area contributed by atoms with E-state index in [1.807, 2.05) is 0 Å². The lowest BCUT2D eigenvalue weighted by Gasteiger charge is -2.11. The maximum Gasteiger partial charge on any atom is 0.331 e. The molecule has 0 fully saturated rings. The number of hydrogen-bond donors (Lipinski definition) is 0. The number of aryl methyl sites for hydroxylation is 2. The average molecular weight is 429 g/mol. The van der Waals surface area contributed by atoms with Gasteiger partial charge in [-0.2, -0.15) is 5.26 Å². The van der Waals surface area contributed by atoms with Gasteiger partial charge in [0.15, 0.2) is 5.78 Å². The highest BCUT2D eigenvalue weighted by atomic mass is 35.5. The Kier molecular flexibility index (Phi) is 5.76. The molecule has 0 aliphatic carbocycles. The van der Waals surface area contributed by atoms with Gasteiger partial charge in [0.25, 0.3) is 5.56 Å². The number of nitriles is 1. The van der Waals surface area contributed by atoms with Gasteiger partial charge >= 0.3 is 5.69 Å². The number of ketones is 1. The maximum absolute atomic E-state index is 13.5. The molecule has 9 heteroatoms. The summed E-state index contributed by atoms with van der Waals surface area (Å²) < 4.78 is 17.2. The van der Waals surface area contributed by atoms with Crippen LogP contribution in [0.15, 0.2) is 40.1 Å². The highest BCUT2D eigenvalue weighted by molar-refractivity contribution is 6.30. The summed E-state index contributed by atoms with van der Waals surface area (Å²) in [7, 11) is 0. The Hall–Kier alpha value is -3.44. The van der Waals surface area contributed by atoms with Crippen LogP contribution in [-0.2, 0) is 13.1 Å². The van der Waals surface area contributed by atoms with Crippen molar-refractivity contribution in [2.45, 2.75) is 33.9 Å². The first-order valence-corrected chi connectivity index (χ1v) is 9.49. The Bertz CT molecular complexity index is 1330. The van der Waals surface area contributed by atoms with Crippen molar-refractivity contribution in [3.8, 4) is 11.8 Å². The summed E-state index contributed by atoms with van der Waals surface area (Å²) in [5.74, 6) is -1.01. The van der Waals surface area contributed by atoms with Crippen molar-refractivity contribution in [1.29, 1.82) is 5.26 Å². The van der Waals surface area contributed by atoms with E-state index in [0.29, 0.717) is 22.6 Å². The maximum atomic E-state index is 13.5. The summed E-state index contributed by atoms with van der Waals surface area (Å²) in [4.78, 5) is 37.9. The van der Waals surface area contributed by atoms with Crippen LogP contribution in [0.5, 0.6) is 0 Å². The number of carbonyl (C=O) groups excluding carboxylic acids is 1. The van der Waals surface area contributed by atoms with Crippen LogP contribution < -0.4 is 11.2 Å². The Balaban J connectivity index is 2.06. The fraction of sp³-hybridized carbons (Fsp3) is 0.238. The van der Waals surface area contributed by atoms with Crippen molar-refractivity contribution in [2.24, 2.45) is 0 Å². The van der Waals surface area contributed by atoms with Gasteiger partial charge < -0.3 is 4.57 Å². The van der Waals surface area contributed by atoms with E-state index in [1.165, 1.54) is 29.0 Å². The van der Waals surface area contributed by atoms with Crippen LogP contribution in [0.25, 0.3) is 5.69 Å². The first kappa shape index (κ1) is 21.3. The van der Waals surface area contributed by atoms with Crippen molar-refractivity contribution in [2.75, 3.05) is 0 Å². The van der Waals surface area contributed by atoms with Crippen LogP contribution in [0.2, 0.25) is 5.02 Å². The first-order chi connectivity index (χ1) is 14.2. The van der Waals surface area contributed by atoms with E-state index < -0.39 is 29.4 Å². The molecule has 2 heterocycles. The zero-order chi connectivity index (χ0) is 22.2. The first-order valence-electron chi connectivity index (χ1n) is 9.11. The van der Waals surface area contributed by atoms with Crippen LogP contribution in [0.3, 0.4) is 0 Å². The Labute approximate surface area is 176 Å². The topological polar surface area (TPSA) is 89.8 Å². The summed E-state index contributed by atoms with van der Waals surface area (Å²) in [6, 6.07) is 7.61. The standard InChI is InChI=1S/C21H18ClFN4O3/c1-4-25-10-14(9-24)20(29)26(21(25)30)11-19(28)16-7-12(2)27(13(16)3)15-5-6-18(23)17(22)8-15/h5-8,10H,4,11H2,1-3H3. The molecule has 0 N–H and O–H groups in total. The van der Waals surface area contributed by atoms with E-state index in [4.69, 9.17) is 16.9 Å². The molecule has 0 aliphatic heterocycles. The number of carbonyl (C=O) groups is 1. The Morgan fingerprint density at radius 3 is 2.53 bits per heavy atom. The molecule has 0 amide bonds. The molecule has 0 unspecified atom stereocenters. The second kappa shape index (κ2) is 8.13. The van der Waals surface area contributed by atoms with Crippen LogP contribution in [0, 0.1) is 31.0 Å². The van der Waals surface area contributed by atoms with Crippen LogP contribution >= 0.6 is 11.6 Å². The molecule has 3 rings (SSSR count). The third-order valence-electron chi connectivity index (χ3n) is 4.89. The molecule has 30 heavy (non-hydrogen) atoms. The minimum absolute atomic E-state index is 0.0483. The number of hydrogen-bond acceptors (Lipinski definition) is 4. The molecule has 1 aromatic carbocycles. The molecule has 7 nitrogen and oxygen atoms in total. The molecule has 2 aromatic heterocycles. The van der Waals surface area contributed by atoms with Crippen LogP contribution in [0.4, 0.5) is 4.39 Å². The second-order valence-corrected chi connectivity index (χ2v) is 7.16. The Morgan fingerprint density at radius 1 is 1.23 bits per heavy atom. The van der Waals surface area contributed by atoms with Crippen molar-refractivity contribution in [1.82, 2.24) is 13.7 Å². The van der Waals surface area contributed by atoms with Crippen LogP contribution in [-0.4, -0.2) is 19.5 Å². The summed E-state index contributed by atoms with van der Waals surface area (Å²) in [6.07, 6.45) is 1.19. The number of Topliss-reactive ketones (excluding diaryl/α,β-unsaturated/α-hetero) is 1. The molecular formula is C21H18ClFN4O3. The molecule has 154 valence electrons. The molecular weight excluding hydrogens is 411 g/mol. The third kappa shape index (κ3) is 3.60. The molecule has 0 saturated carbocycles. The molecule has 3 aromatic rings. The SMILES string of the molecule is CCn1cc(C#N)c(=O)n(CC(=O)c2cc(C)n(-c3ccc(F)c(Cl)c3)c2C)c1=O. The molecule has 0 saturated heterocycles. The van der Waals surface area contributed by atoms with Crippen molar-refractivity contribution in [3.05, 3.63) is 84.7 Å². The van der Waals surface area contributed by atoms with Gasteiger partial charge in [0.05, 0.1) is 11.6 Å². The highest BCUT2D eigenvalue weighted by Crippen LogP contribution is 2.25. The molecule has 0 bridgehead atoms. The predicted octanol–water partition coefficient (Wildman–Crippen LogP) is 2.98. The Morgan fingerprint density at radius 2 is 1.93 bits per heavy atom.